The van der Waals surface area contributed by atoms with E-state index < -0.39 is 4.92 Å². The van der Waals surface area contributed by atoms with Gasteiger partial charge in [0.25, 0.3) is 5.69 Å². The molecule has 0 fully saturated rings. The second kappa shape index (κ2) is 8.36. The van der Waals surface area contributed by atoms with Crippen molar-refractivity contribution in [2.45, 2.75) is 32.7 Å². The minimum Gasteiger partial charge on any atom is -0.355 e. The Hall–Kier alpha value is -1.95. The quantitative estimate of drug-likeness (QED) is 0.454. The summed E-state index contributed by atoms with van der Waals surface area (Å²) in [5.41, 5.74) is 0.896. The number of benzene rings is 1. The van der Waals surface area contributed by atoms with Gasteiger partial charge in [0.15, 0.2) is 0 Å². The lowest BCUT2D eigenvalue weighted by molar-refractivity contribution is -0.384. The summed E-state index contributed by atoms with van der Waals surface area (Å²) in [5.74, 6) is -0.0248. The van der Waals surface area contributed by atoms with Crippen molar-refractivity contribution < 1.29 is 9.72 Å². The van der Waals surface area contributed by atoms with Crippen molar-refractivity contribution in [3.8, 4) is 0 Å². The van der Waals surface area contributed by atoms with Gasteiger partial charge in [-0.25, -0.2) is 0 Å². The van der Waals surface area contributed by atoms with Crippen molar-refractivity contribution >= 4 is 11.6 Å². The Morgan fingerprint density at radius 3 is 2.81 bits per heavy atom. The number of unbranched alkanes of at least 4 members (excludes halogenated alkanes) is 1. The highest BCUT2D eigenvalue weighted by molar-refractivity contribution is 5.78. The normalized spacial score (nSPS) is 12.2. The first-order chi connectivity index (χ1) is 9.95. The van der Waals surface area contributed by atoms with Crippen LogP contribution in [-0.2, 0) is 4.79 Å². The van der Waals surface area contributed by atoms with Gasteiger partial charge in [-0.05, 0) is 26.0 Å². The molecule has 0 aliphatic rings. The van der Waals surface area contributed by atoms with Crippen LogP contribution in [0.15, 0.2) is 24.3 Å². The van der Waals surface area contributed by atoms with E-state index in [1.165, 1.54) is 6.07 Å². The zero-order chi connectivity index (χ0) is 15.8. The molecule has 6 nitrogen and oxygen atoms in total. The first-order valence-corrected chi connectivity index (χ1v) is 7.17. The van der Waals surface area contributed by atoms with Crippen LogP contribution in [0.5, 0.6) is 0 Å². The Kier molecular flexibility index (Phi) is 6.81. The Morgan fingerprint density at radius 1 is 1.48 bits per heavy atom. The fourth-order valence-electron chi connectivity index (χ4n) is 1.98. The number of carbonyl (C=O) groups excluding carboxylic acids is 1. The van der Waals surface area contributed by atoms with Crippen LogP contribution in [-0.4, -0.2) is 35.9 Å². The van der Waals surface area contributed by atoms with Crippen molar-refractivity contribution in [1.29, 1.82) is 0 Å². The largest absolute Gasteiger partial charge is 0.355 e. The van der Waals surface area contributed by atoms with Gasteiger partial charge in [-0.3, -0.25) is 19.8 Å². The highest BCUT2D eigenvalue weighted by Crippen LogP contribution is 2.22. The van der Waals surface area contributed by atoms with E-state index in [0.29, 0.717) is 6.54 Å². The van der Waals surface area contributed by atoms with Crippen LogP contribution in [0.2, 0.25) is 0 Å². The number of likely N-dealkylation sites (N-methyl/N-ethyl adjacent to an activating group) is 1. The first kappa shape index (κ1) is 17.1. The predicted molar refractivity (Wildman–Crippen MR) is 82.1 cm³/mol. The Labute approximate surface area is 125 Å². The molecule has 116 valence electrons. The van der Waals surface area contributed by atoms with Crippen LogP contribution in [0.4, 0.5) is 5.69 Å². The van der Waals surface area contributed by atoms with Gasteiger partial charge in [0.05, 0.1) is 11.5 Å². The third-order valence-electron chi connectivity index (χ3n) is 3.47. The fourth-order valence-corrected chi connectivity index (χ4v) is 1.98. The lowest BCUT2D eigenvalue weighted by atomic mass is 10.1. The molecule has 0 saturated heterocycles. The van der Waals surface area contributed by atoms with Crippen molar-refractivity contribution in [2.24, 2.45) is 0 Å². The van der Waals surface area contributed by atoms with Crippen molar-refractivity contribution in [3.63, 3.8) is 0 Å². The number of nitrogens with one attached hydrogen (secondary N) is 1. The third-order valence-corrected chi connectivity index (χ3v) is 3.47. The molecule has 1 rings (SSSR count). The lowest BCUT2D eigenvalue weighted by Crippen LogP contribution is -2.36. The topological polar surface area (TPSA) is 75.5 Å². The zero-order valence-corrected chi connectivity index (χ0v) is 12.8. The summed E-state index contributed by atoms with van der Waals surface area (Å²) in [6, 6.07) is 6.45. The molecule has 1 aromatic rings. The van der Waals surface area contributed by atoms with E-state index in [-0.39, 0.29) is 24.2 Å². The molecule has 1 aromatic carbocycles. The van der Waals surface area contributed by atoms with Crippen LogP contribution in [0.25, 0.3) is 0 Å². The number of nitro benzene ring substituents is 1. The van der Waals surface area contributed by atoms with Gasteiger partial charge < -0.3 is 5.32 Å². The van der Waals surface area contributed by atoms with E-state index in [0.717, 1.165) is 18.4 Å². The fraction of sp³-hybridized carbons (Fsp3) is 0.533. The highest BCUT2D eigenvalue weighted by Gasteiger charge is 2.16. The molecular weight excluding hydrogens is 270 g/mol. The van der Waals surface area contributed by atoms with E-state index in [2.05, 4.69) is 12.2 Å². The summed E-state index contributed by atoms with van der Waals surface area (Å²) >= 11 is 0. The third kappa shape index (κ3) is 5.51. The van der Waals surface area contributed by atoms with Gasteiger partial charge >= 0.3 is 0 Å². The van der Waals surface area contributed by atoms with Crippen molar-refractivity contribution in [2.75, 3.05) is 20.1 Å². The average Bonchev–Trinajstić information content (AvgIpc) is 2.46. The monoisotopic (exact) mass is 293 g/mol. The molecule has 0 aromatic heterocycles. The Morgan fingerprint density at radius 2 is 2.19 bits per heavy atom. The lowest BCUT2D eigenvalue weighted by Gasteiger charge is -2.24. The summed E-state index contributed by atoms with van der Waals surface area (Å²) < 4.78 is 0. The number of rotatable bonds is 8. The molecule has 1 atom stereocenters. The molecular formula is C15H23N3O3. The number of hydrogen-bond donors (Lipinski definition) is 1. The minimum atomic E-state index is -0.409. The average molecular weight is 293 g/mol. The number of non-ortho nitro benzene ring substituents is 1. The summed E-state index contributed by atoms with van der Waals surface area (Å²) in [7, 11) is 1.84. The molecule has 0 bridgehead atoms. The smallest absolute Gasteiger partial charge is 0.269 e. The summed E-state index contributed by atoms with van der Waals surface area (Å²) in [5, 5.41) is 13.7. The maximum Gasteiger partial charge on any atom is 0.269 e. The second-order valence-corrected chi connectivity index (χ2v) is 5.15. The summed E-state index contributed by atoms with van der Waals surface area (Å²) in [4.78, 5) is 24.0. The van der Waals surface area contributed by atoms with E-state index in [9.17, 15) is 14.9 Å². The molecule has 21 heavy (non-hydrogen) atoms. The van der Waals surface area contributed by atoms with Gasteiger partial charge in [0.1, 0.15) is 0 Å². The second-order valence-electron chi connectivity index (χ2n) is 5.15. The van der Waals surface area contributed by atoms with Gasteiger partial charge in [-0.2, -0.15) is 0 Å². The molecule has 0 aliphatic heterocycles. The number of amides is 1. The van der Waals surface area contributed by atoms with Crippen LogP contribution >= 0.6 is 0 Å². The predicted octanol–water partition coefficient (Wildman–Crippen LogP) is 2.50. The van der Waals surface area contributed by atoms with Gasteiger partial charge in [-0.15, -0.1) is 0 Å². The molecule has 1 amide bonds. The van der Waals surface area contributed by atoms with Gasteiger partial charge in [0.2, 0.25) is 5.91 Å². The van der Waals surface area contributed by atoms with Crippen LogP contribution in [0.1, 0.15) is 38.3 Å². The van der Waals surface area contributed by atoms with E-state index in [4.69, 9.17) is 0 Å². The first-order valence-electron chi connectivity index (χ1n) is 7.17. The minimum absolute atomic E-state index is 0.0248. The van der Waals surface area contributed by atoms with E-state index in [1.54, 1.807) is 12.1 Å². The van der Waals surface area contributed by atoms with Crippen LogP contribution in [0.3, 0.4) is 0 Å². The number of nitrogens with zero attached hydrogens (tertiary/aromatic N) is 2. The molecule has 0 radical (unpaired) electrons. The van der Waals surface area contributed by atoms with Crippen LogP contribution < -0.4 is 5.32 Å². The molecule has 1 N–H and O–H groups in total. The Bertz CT molecular complexity index is 491. The summed E-state index contributed by atoms with van der Waals surface area (Å²) in [6.45, 7) is 4.96. The summed E-state index contributed by atoms with van der Waals surface area (Å²) in [6.07, 6.45) is 2.01. The maximum atomic E-state index is 11.8. The number of nitro groups is 1. The van der Waals surface area contributed by atoms with Crippen LogP contribution in [0, 0.1) is 10.1 Å². The number of hydrogen-bond acceptors (Lipinski definition) is 4. The molecule has 6 heteroatoms. The van der Waals surface area contributed by atoms with Crippen molar-refractivity contribution in [1.82, 2.24) is 10.2 Å². The Balaban J connectivity index is 2.61. The number of carbonyl (C=O) groups is 1. The van der Waals surface area contributed by atoms with E-state index in [1.807, 2.05) is 24.9 Å². The van der Waals surface area contributed by atoms with Gasteiger partial charge in [-0.1, -0.05) is 25.5 Å². The molecule has 0 spiro atoms. The molecule has 1 unspecified atom stereocenters. The molecule has 0 aliphatic carbocycles. The van der Waals surface area contributed by atoms with Crippen molar-refractivity contribution in [3.05, 3.63) is 39.9 Å². The zero-order valence-electron chi connectivity index (χ0n) is 12.8. The van der Waals surface area contributed by atoms with Gasteiger partial charge in [0, 0.05) is 24.7 Å². The molecule has 0 heterocycles. The van der Waals surface area contributed by atoms with E-state index >= 15 is 0 Å². The standard InChI is InChI=1S/C15H23N3O3/c1-4-5-9-16-15(19)11-17(3)12(2)13-7-6-8-14(10-13)18(20)21/h6-8,10,12H,4-5,9,11H2,1-3H3,(H,16,19). The maximum absolute atomic E-state index is 11.8. The molecule has 0 saturated carbocycles. The highest BCUT2D eigenvalue weighted by atomic mass is 16.6. The SMILES string of the molecule is CCCCNC(=O)CN(C)C(C)c1cccc([N+](=O)[O-])c1.